The highest BCUT2D eigenvalue weighted by atomic mass is 15.4. The molecule has 0 aliphatic carbocycles. The number of hydrogen-bond acceptors (Lipinski definition) is 3. The van der Waals surface area contributed by atoms with E-state index in [0.717, 1.165) is 18.8 Å². The molecule has 0 unspecified atom stereocenters. The molecule has 0 aliphatic heterocycles. The van der Waals surface area contributed by atoms with E-state index in [9.17, 15) is 0 Å². The van der Waals surface area contributed by atoms with Crippen LogP contribution in [-0.2, 0) is 13.1 Å². The maximum Gasteiger partial charge on any atom is 0.0964 e. The van der Waals surface area contributed by atoms with Crippen LogP contribution in [0.25, 0.3) is 0 Å². The number of nitrogens with zero attached hydrogens (tertiary/aromatic N) is 3. The van der Waals surface area contributed by atoms with Crippen LogP contribution in [0.2, 0.25) is 0 Å². The van der Waals surface area contributed by atoms with E-state index in [0.29, 0.717) is 0 Å². The average Bonchev–Trinajstić information content (AvgIpc) is 2.33. The maximum atomic E-state index is 4.05. The first-order chi connectivity index (χ1) is 6.01. The molecule has 1 rings (SSSR count). The van der Waals surface area contributed by atoms with Crippen molar-refractivity contribution in [2.24, 2.45) is 5.41 Å². The molecule has 1 aromatic heterocycles. The second kappa shape index (κ2) is 3.87. The Morgan fingerprint density at radius 1 is 1.46 bits per heavy atom. The number of aromatic nitrogens is 3. The van der Waals surface area contributed by atoms with Crippen LogP contribution < -0.4 is 5.32 Å². The van der Waals surface area contributed by atoms with E-state index in [2.05, 4.69) is 36.4 Å². The van der Waals surface area contributed by atoms with Gasteiger partial charge in [-0.3, -0.25) is 4.68 Å². The number of rotatable bonds is 3. The normalized spacial score (nSPS) is 12.0. The van der Waals surface area contributed by atoms with Gasteiger partial charge in [0.2, 0.25) is 0 Å². The summed E-state index contributed by atoms with van der Waals surface area (Å²) in [5, 5.41) is 11.1. The molecular weight excluding hydrogens is 164 g/mol. The fourth-order valence-electron chi connectivity index (χ4n) is 1.16. The highest BCUT2D eigenvalue weighted by Crippen LogP contribution is 2.15. The summed E-state index contributed by atoms with van der Waals surface area (Å²) in [6.45, 7) is 8.25. The molecule has 4 nitrogen and oxygen atoms in total. The minimum absolute atomic E-state index is 0.255. The lowest BCUT2D eigenvalue weighted by Gasteiger charge is -2.16. The summed E-state index contributed by atoms with van der Waals surface area (Å²) in [6, 6.07) is 0. The molecule has 0 aromatic carbocycles. The van der Waals surface area contributed by atoms with Crippen molar-refractivity contribution in [3.63, 3.8) is 0 Å². The molecule has 0 radical (unpaired) electrons. The Balaban J connectivity index is 2.59. The van der Waals surface area contributed by atoms with Crippen LogP contribution in [0.15, 0.2) is 6.20 Å². The summed E-state index contributed by atoms with van der Waals surface area (Å²) >= 11 is 0. The van der Waals surface area contributed by atoms with Crippen molar-refractivity contribution >= 4 is 0 Å². The molecule has 1 N–H and O–H groups in total. The highest BCUT2D eigenvalue weighted by Gasteiger charge is 2.12. The molecule has 0 amide bonds. The quantitative estimate of drug-likeness (QED) is 0.759. The third-order valence-corrected chi connectivity index (χ3v) is 1.58. The Kier molecular flexibility index (Phi) is 3.03. The molecular formula is C9H18N4. The summed E-state index contributed by atoms with van der Waals surface area (Å²) < 4.78 is 1.90. The first-order valence-electron chi connectivity index (χ1n) is 4.55. The fourth-order valence-corrected chi connectivity index (χ4v) is 1.16. The predicted molar refractivity (Wildman–Crippen MR) is 52.2 cm³/mol. The van der Waals surface area contributed by atoms with Crippen molar-refractivity contribution in [3.8, 4) is 0 Å². The smallest absolute Gasteiger partial charge is 0.0964 e. The molecule has 1 heterocycles. The molecule has 0 bridgehead atoms. The zero-order valence-corrected chi connectivity index (χ0v) is 8.83. The lowest BCUT2D eigenvalue weighted by molar-refractivity contribution is 0.321. The summed E-state index contributed by atoms with van der Waals surface area (Å²) in [5.41, 5.74) is 1.25. The average molecular weight is 182 g/mol. The Morgan fingerprint density at radius 3 is 2.69 bits per heavy atom. The topological polar surface area (TPSA) is 42.7 Å². The van der Waals surface area contributed by atoms with Crippen LogP contribution in [0.5, 0.6) is 0 Å². The van der Waals surface area contributed by atoms with Crippen molar-refractivity contribution in [2.45, 2.75) is 33.9 Å². The zero-order valence-electron chi connectivity index (χ0n) is 8.83. The highest BCUT2D eigenvalue weighted by molar-refractivity contribution is 4.91. The van der Waals surface area contributed by atoms with E-state index in [1.807, 2.05) is 17.9 Å². The standard InChI is InChI=1S/C9H18N4/c1-9(2,3)7-13-6-8(5-10-4)11-12-13/h6,10H,5,7H2,1-4H3. The second-order valence-corrected chi connectivity index (χ2v) is 4.50. The van der Waals surface area contributed by atoms with Gasteiger partial charge >= 0.3 is 0 Å². The van der Waals surface area contributed by atoms with Gasteiger partial charge in [-0.05, 0) is 12.5 Å². The largest absolute Gasteiger partial charge is 0.314 e. The Labute approximate surface area is 79.3 Å². The van der Waals surface area contributed by atoms with Crippen LogP contribution in [0.4, 0.5) is 0 Å². The van der Waals surface area contributed by atoms with Crippen LogP contribution in [0.3, 0.4) is 0 Å². The lowest BCUT2D eigenvalue weighted by atomic mass is 9.97. The second-order valence-electron chi connectivity index (χ2n) is 4.50. The molecule has 4 heteroatoms. The van der Waals surface area contributed by atoms with Crippen molar-refractivity contribution < 1.29 is 0 Å². The van der Waals surface area contributed by atoms with Gasteiger partial charge in [0.15, 0.2) is 0 Å². The fraction of sp³-hybridized carbons (Fsp3) is 0.778. The molecule has 0 atom stereocenters. The molecule has 0 spiro atoms. The Morgan fingerprint density at radius 2 is 2.15 bits per heavy atom. The van der Waals surface area contributed by atoms with E-state index >= 15 is 0 Å². The van der Waals surface area contributed by atoms with Crippen LogP contribution >= 0.6 is 0 Å². The monoisotopic (exact) mass is 182 g/mol. The van der Waals surface area contributed by atoms with Gasteiger partial charge in [-0.2, -0.15) is 0 Å². The van der Waals surface area contributed by atoms with E-state index < -0.39 is 0 Å². The Hall–Kier alpha value is -0.900. The lowest BCUT2D eigenvalue weighted by Crippen LogP contribution is -2.15. The van der Waals surface area contributed by atoms with Crippen molar-refractivity contribution in [1.29, 1.82) is 0 Å². The van der Waals surface area contributed by atoms with Crippen molar-refractivity contribution in [2.75, 3.05) is 7.05 Å². The first kappa shape index (κ1) is 10.2. The van der Waals surface area contributed by atoms with E-state index in [1.54, 1.807) is 0 Å². The van der Waals surface area contributed by atoms with E-state index in [1.165, 1.54) is 0 Å². The van der Waals surface area contributed by atoms with E-state index in [4.69, 9.17) is 0 Å². The minimum Gasteiger partial charge on any atom is -0.314 e. The van der Waals surface area contributed by atoms with Crippen LogP contribution in [0, 0.1) is 5.41 Å². The molecule has 0 fully saturated rings. The summed E-state index contributed by atoms with van der Waals surface area (Å²) in [4.78, 5) is 0. The van der Waals surface area contributed by atoms with Crippen LogP contribution in [-0.4, -0.2) is 22.0 Å². The van der Waals surface area contributed by atoms with Gasteiger partial charge in [0.25, 0.3) is 0 Å². The van der Waals surface area contributed by atoms with Gasteiger partial charge in [-0.1, -0.05) is 26.0 Å². The number of nitrogens with one attached hydrogen (secondary N) is 1. The summed E-state index contributed by atoms with van der Waals surface area (Å²) in [7, 11) is 1.91. The van der Waals surface area contributed by atoms with Gasteiger partial charge in [0.05, 0.1) is 5.69 Å². The van der Waals surface area contributed by atoms with Gasteiger partial charge in [0.1, 0.15) is 0 Å². The zero-order chi connectivity index (χ0) is 9.90. The molecule has 0 saturated carbocycles. The SMILES string of the molecule is CNCc1cn(CC(C)(C)C)nn1. The molecule has 1 aromatic rings. The maximum absolute atomic E-state index is 4.05. The molecule has 13 heavy (non-hydrogen) atoms. The summed E-state index contributed by atoms with van der Waals surface area (Å²) in [6.07, 6.45) is 1.99. The van der Waals surface area contributed by atoms with Crippen molar-refractivity contribution in [3.05, 3.63) is 11.9 Å². The van der Waals surface area contributed by atoms with Gasteiger partial charge in [-0.25, -0.2) is 0 Å². The number of hydrogen-bond donors (Lipinski definition) is 1. The predicted octanol–water partition coefficient (Wildman–Crippen LogP) is 1.04. The molecule has 0 aliphatic rings. The molecule has 0 saturated heterocycles. The van der Waals surface area contributed by atoms with Crippen molar-refractivity contribution in [1.82, 2.24) is 20.3 Å². The third-order valence-electron chi connectivity index (χ3n) is 1.58. The third kappa shape index (κ3) is 3.55. The summed E-state index contributed by atoms with van der Waals surface area (Å²) in [5.74, 6) is 0. The van der Waals surface area contributed by atoms with Crippen LogP contribution in [0.1, 0.15) is 26.5 Å². The minimum atomic E-state index is 0.255. The molecule has 74 valence electrons. The van der Waals surface area contributed by atoms with Gasteiger partial charge < -0.3 is 5.32 Å². The van der Waals surface area contributed by atoms with Gasteiger partial charge in [0, 0.05) is 19.3 Å². The first-order valence-corrected chi connectivity index (χ1v) is 4.55. The van der Waals surface area contributed by atoms with Gasteiger partial charge in [-0.15, -0.1) is 5.10 Å². The Bertz CT molecular complexity index is 259. The van der Waals surface area contributed by atoms with E-state index in [-0.39, 0.29) is 5.41 Å².